The molecule has 2 N–H and O–H groups in total. The van der Waals surface area contributed by atoms with Crippen molar-refractivity contribution in [2.45, 2.75) is 40.7 Å². The summed E-state index contributed by atoms with van der Waals surface area (Å²) in [6.07, 6.45) is 0.0143. The van der Waals surface area contributed by atoms with Crippen LogP contribution >= 0.6 is 0 Å². The average Bonchev–Trinajstić information content (AvgIpc) is 2.98. The van der Waals surface area contributed by atoms with Crippen LogP contribution in [0, 0.1) is 27.7 Å². The quantitative estimate of drug-likeness (QED) is 0.779. The fourth-order valence-corrected chi connectivity index (χ4v) is 3.69. The number of nitrogens with two attached hydrogens (primary N) is 1. The Morgan fingerprint density at radius 1 is 1.03 bits per heavy atom. The number of piperazine rings is 1. The van der Waals surface area contributed by atoms with E-state index in [9.17, 15) is 18.4 Å². The van der Waals surface area contributed by atoms with Crippen LogP contribution in [0.4, 0.5) is 14.6 Å². The monoisotopic (exact) mass is 421 g/mol. The molecule has 3 heterocycles. The molecule has 3 rings (SSSR count). The van der Waals surface area contributed by atoms with E-state index < -0.39 is 12.5 Å². The van der Waals surface area contributed by atoms with Crippen LogP contribution in [0.5, 0.6) is 0 Å². The van der Waals surface area contributed by atoms with Gasteiger partial charge in [-0.1, -0.05) is 0 Å². The highest BCUT2D eigenvalue weighted by Gasteiger charge is 2.28. The first-order valence-corrected chi connectivity index (χ1v) is 9.61. The second kappa shape index (κ2) is 8.33. The molecular formula is C19H25F2N7O2. The van der Waals surface area contributed by atoms with E-state index in [-0.39, 0.29) is 12.3 Å². The smallest absolute Gasteiger partial charge is 0.333 e. The standard InChI is InChI=1S/C19H25F2N7O2/c1-10-11(2)23-24-18(16(10)17(22)30)27-7-5-26(6-8-27)15(29)9-14-12(3)25-28(13(14)4)19(20)21/h19H,5-9H2,1-4H3,(H2,22,30). The lowest BCUT2D eigenvalue weighted by Gasteiger charge is -2.36. The molecule has 11 heteroatoms. The Kier molecular flexibility index (Phi) is 5.99. The predicted molar refractivity (Wildman–Crippen MR) is 105 cm³/mol. The molecule has 1 fully saturated rings. The summed E-state index contributed by atoms with van der Waals surface area (Å²) in [5, 5.41) is 12.1. The van der Waals surface area contributed by atoms with Crippen molar-refractivity contribution in [2.75, 3.05) is 31.1 Å². The van der Waals surface area contributed by atoms with Gasteiger partial charge in [0.15, 0.2) is 5.82 Å². The number of nitrogens with zero attached hydrogens (tertiary/aromatic N) is 6. The zero-order valence-corrected chi connectivity index (χ0v) is 17.4. The van der Waals surface area contributed by atoms with Gasteiger partial charge in [0.1, 0.15) is 0 Å². The van der Waals surface area contributed by atoms with Crippen LogP contribution in [-0.2, 0) is 11.2 Å². The van der Waals surface area contributed by atoms with Crippen LogP contribution in [0.15, 0.2) is 0 Å². The molecule has 30 heavy (non-hydrogen) atoms. The van der Waals surface area contributed by atoms with Gasteiger partial charge in [-0.3, -0.25) is 9.59 Å². The molecule has 2 amide bonds. The van der Waals surface area contributed by atoms with Crippen LogP contribution in [-0.4, -0.2) is 62.9 Å². The molecule has 0 atom stereocenters. The summed E-state index contributed by atoms with van der Waals surface area (Å²) < 4.78 is 26.7. The molecule has 0 saturated carbocycles. The molecule has 0 radical (unpaired) electrons. The maximum absolute atomic E-state index is 13.0. The SMILES string of the molecule is Cc1nnc(N2CCN(C(=O)Cc3c(C)nn(C(F)F)c3C)CC2)c(C(N)=O)c1C. The molecule has 162 valence electrons. The van der Waals surface area contributed by atoms with E-state index in [0.29, 0.717) is 70.5 Å². The molecule has 2 aromatic heterocycles. The Morgan fingerprint density at radius 3 is 2.20 bits per heavy atom. The molecule has 0 unspecified atom stereocenters. The van der Waals surface area contributed by atoms with Gasteiger partial charge in [0.25, 0.3) is 5.91 Å². The van der Waals surface area contributed by atoms with E-state index in [0.717, 1.165) is 0 Å². The Bertz CT molecular complexity index is 982. The highest BCUT2D eigenvalue weighted by Crippen LogP contribution is 2.24. The number of halogens is 2. The molecule has 0 bridgehead atoms. The second-order valence-electron chi connectivity index (χ2n) is 7.39. The lowest BCUT2D eigenvalue weighted by Crippen LogP contribution is -2.50. The fourth-order valence-electron chi connectivity index (χ4n) is 3.69. The van der Waals surface area contributed by atoms with Gasteiger partial charge in [-0.15, -0.1) is 5.10 Å². The van der Waals surface area contributed by atoms with E-state index in [2.05, 4.69) is 15.3 Å². The van der Waals surface area contributed by atoms with Crippen LogP contribution < -0.4 is 10.6 Å². The Balaban J connectivity index is 1.70. The van der Waals surface area contributed by atoms with Crippen molar-refractivity contribution in [3.63, 3.8) is 0 Å². The largest absolute Gasteiger partial charge is 0.365 e. The molecule has 2 aromatic rings. The van der Waals surface area contributed by atoms with Crippen LogP contribution in [0.2, 0.25) is 0 Å². The van der Waals surface area contributed by atoms with E-state index in [1.54, 1.807) is 25.7 Å². The highest BCUT2D eigenvalue weighted by atomic mass is 19.3. The molecule has 9 nitrogen and oxygen atoms in total. The van der Waals surface area contributed by atoms with Crippen LogP contribution in [0.3, 0.4) is 0 Å². The van der Waals surface area contributed by atoms with Gasteiger partial charge in [0, 0.05) is 37.4 Å². The van der Waals surface area contributed by atoms with Gasteiger partial charge in [-0.2, -0.15) is 19.0 Å². The van der Waals surface area contributed by atoms with Crippen molar-refractivity contribution < 1.29 is 18.4 Å². The Hall–Kier alpha value is -3.11. The molecule has 0 aliphatic carbocycles. The lowest BCUT2D eigenvalue weighted by molar-refractivity contribution is -0.130. The summed E-state index contributed by atoms with van der Waals surface area (Å²) in [4.78, 5) is 28.2. The third kappa shape index (κ3) is 3.96. The number of hydrogen-bond acceptors (Lipinski definition) is 6. The number of hydrogen-bond donors (Lipinski definition) is 1. The first-order valence-electron chi connectivity index (χ1n) is 9.61. The summed E-state index contributed by atoms with van der Waals surface area (Å²) in [5.74, 6) is -0.306. The molecule has 1 aliphatic heterocycles. The number of alkyl halides is 2. The average molecular weight is 421 g/mol. The molecule has 1 aliphatic rings. The van der Waals surface area contributed by atoms with E-state index >= 15 is 0 Å². The first kappa shape index (κ1) is 21.6. The molecule has 0 aromatic carbocycles. The van der Waals surface area contributed by atoms with Crippen LogP contribution in [0.1, 0.15) is 45.1 Å². The number of amides is 2. The van der Waals surface area contributed by atoms with Crippen molar-refractivity contribution in [1.82, 2.24) is 24.9 Å². The minimum absolute atomic E-state index is 0.0143. The fraction of sp³-hybridized carbons (Fsp3) is 0.526. The molecule has 1 saturated heterocycles. The van der Waals surface area contributed by atoms with Gasteiger partial charge >= 0.3 is 6.55 Å². The minimum atomic E-state index is -2.74. The summed E-state index contributed by atoms with van der Waals surface area (Å²) in [6.45, 7) is 5.68. The topological polar surface area (TPSA) is 110 Å². The number of anilines is 1. The maximum Gasteiger partial charge on any atom is 0.333 e. The third-order valence-corrected chi connectivity index (χ3v) is 5.60. The number of carbonyl (C=O) groups is 2. The zero-order chi connectivity index (χ0) is 22.2. The summed E-state index contributed by atoms with van der Waals surface area (Å²) in [7, 11) is 0. The van der Waals surface area contributed by atoms with Crippen molar-refractivity contribution in [2.24, 2.45) is 5.73 Å². The Labute approximate surface area is 172 Å². The predicted octanol–water partition coefficient (Wildman–Crippen LogP) is 1.29. The Morgan fingerprint density at radius 2 is 1.67 bits per heavy atom. The lowest BCUT2D eigenvalue weighted by atomic mass is 10.1. The summed E-state index contributed by atoms with van der Waals surface area (Å²) in [6, 6.07) is 0. The first-order chi connectivity index (χ1) is 14.1. The summed E-state index contributed by atoms with van der Waals surface area (Å²) >= 11 is 0. The van der Waals surface area contributed by atoms with Crippen molar-refractivity contribution in [3.8, 4) is 0 Å². The number of rotatable bonds is 5. The molecule has 0 spiro atoms. The number of aryl methyl sites for hydroxylation is 2. The zero-order valence-electron chi connectivity index (χ0n) is 17.4. The third-order valence-electron chi connectivity index (χ3n) is 5.60. The van der Waals surface area contributed by atoms with Gasteiger partial charge in [0.2, 0.25) is 5.91 Å². The summed E-state index contributed by atoms with van der Waals surface area (Å²) in [5.41, 5.74) is 8.46. The van der Waals surface area contributed by atoms with Crippen molar-refractivity contribution in [3.05, 3.63) is 33.8 Å². The van der Waals surface area contributed by atoms with Gasteiger partial charge in [0.05, 0.1) is 23.4 Å². The minimum Gasteiger partial charge on any atom is -0.365 e. The van der Waals surface area contributed by atoms with E-state index in [4.69, 9.17) is 5.73 Å². The van der Waals surface area contributed by atoms with Crippen molar-refractivity contribution in [1.29, 1.82) is 0 Å². The van der Waals surface area contributed by atoms with E-state index in [1.165, 1.54) is 6.92 Å². The van der Waals surface area contributed by atoms with Gasteiger partial charge in [-0.05, 0) is 33.3 Å². The normalized spacial score (nSPS) is 14.5. The number of primary amides is 1. The van der Waals surface area contributed by atoms with E-state index in [1.807, 2.05) is 4.90 Å². The van der Waals surface area contributed by atoms with Gasteiger partial charge in [-0.25, -0.2) is 4.68 Å². The number of carbonyl (C=O) groups excluding carboxylic acids is 2. The molecular weight excluding hydrogens is 396 g/mol. The maximum atomic E-state index is 13.0. The highest BCUT2D eigenvalue weighted by molar-refractivity contribution is 5.99. The van der Waals surface area contributed by atoms with Crippen LogP contribution in [0.25, 0.3) is 0 Å². The number of aromatic nitrogens is 4. The van der Waals surface area contributed by atoms with Crippen molar-refractivity contribution >= 4 is 17.6 Å². The second-order valence-corrected chi connectivity index (χ2v) is 7.39. The van der Waals surface area contributed by atoms with Gasteiger partial charge < -0.3 is 15.5 Å².